The van der Waals surface area contributed by atoms with Gasteiger partial charge in [-0.05, 0) is 43.5 Å². The van der Waals surface area contributed by atoms with Gasteiger partial charge in [-0.15, -0.1) is 5.92 Å². The van der Waals surface area contributed by atoms with Gasteiger partial charge in [0.2, 0.25) is 0 Å². The summed E-state index contributed by atoms with van der Waals surface area (Å²) in [6.07, 6.45) is 5.43. The molecule has 1 saturated heterocycles. The van der Waals surface area contributed by atoms with E-state index in [1.165, 1.54) is 0 Å². The number of nitrogens with zero attached hydrogens (tertiary/aromatic N) is 2. The molecule has 0 unspecified atom stereocenters. The van der Waals surface area contributed by atoms with Crippen LogP contribution in [0, 0.1) is 11.8 Å². The van der Waals surface area contributed by atoms with Gasteiger partial charge in [-0.25, -0.2) is 0 Å². The summed E-state index contributed by atoms with van der Waals surface area (Å²) in [6.45, 7) is 8.65. The molecule has 0 saturated carbocycles. The maximum Gasteiger partial charge on any atom is 0.251 e. The molecule has 1 aromatic carbocycles. The molecule has 2 aromatic rings. The number of likely N-dealkylation sites (tertiary alicyclic amines) is 1. The van der Waals surface area contributed by atoms with Crippen LogP contribution in [0.5, 0.6) is 0 Å². The number of hydrogen-bond acceptors (Lipinski definition) is 4. The molecular formula is C24H28N4O. The van der Waals surface area contributed by atoms with Gasteiger partial charge in [0.1, 0.15) is 0 Å². The van der Waals surface area contributed by atoms with Crippen LogP contribution in [0.4, 0.5) is 5.69 Å². The smallest absolute Gasteiger partial charge is 0.251 e. The highest BCUT2D eigenvalue weighted by atomic mass is 16.1. The van der Waals surface area contributed by atoms with E-state index in [1.54, 1.807) is 6.20 Å². The highest BCUT2D eigenvalue weighted by Gasteiger charge is 2.22. The van der Waals surface area contributed by atoms with E-state index in [-0.39, 0.29) is 11.9 Å². The van der Waals surface area contributed by atoms with E-state index >= 15 is 0 Å². The standard InChI is InChI=1S/C24H28N4O/c1-4-5-13-28-14-10-21(11-15-28)27-24(29)18(2)22-16-19(8-9-23(22)25-3)20-7-6-12-26-17-20/h6-9,12,16-17,21,25H,2,10-11,13-15H2,1,3H3,(H,27,29). The Morgan fingerprint density at radius 1 is 1.28 bits per heavy atom. The van der Waals surface area contributed by atoms with E-state index in [1.807, 2.05) is 50.5 Å². The van der Waals surface area contributed by atoms with Crippen molar-refractivity contribution < 1.29 is 4.79 Å². The molecule has 1 aliphatic rings. The van der Waals surface area contributed by atoms with Crippen molar-refractivity contribution in [3.8, 4) is 23.0 Å². The lowest BCUT2D eigenvalue weighted by Gasteiger charge is -2.31. The first kappa shape index (κ1) is 20.6. The first-order chi connectivity index (χ1) is 14.1. The minimum Gasteiger partial charge on any atom is -0.388 e. The quantitative estimate of drug-likeness (QED) is 0.588. The van der Waals surface area contributed by atoms with Crippen LogP contribution in [-0.4, -0.2) is 48.5 Å². The SMILES string of the molecule is C=C(C(=O)NC1CCN(CC#CC)CC1)c1cc(-c2cccnc2)ccc1NC. The number of pyridine rings is 1. The molecule has 1 aliphatic heterocycles. The van der Waals surface area contributed by atoms with Gasteiger partial charge in [0.05, 0.1) is 6.54 Å². The Labute approximate surface area is 173 Å². The molecule has 1 aromatic heterocycles. The van der Waals surface area contributed by atoms with Gasteiger partial charge < -0.3 is 10.6 Å². The summed E-state index contributed by atoms with van der Waals surface area (Å²) in [4.78, 5) is 19.4. The number of nitrogens with one attached hydrogen (secondary N) is 2. The van der Waals surface area contributed by atoms with Crippen molar-refractivity contribution >= 4 is 17.2 Å². The second-order valence-electron chi connectivity index (χ2n) is 7.18. The summed E-state index contributed by atoms with van der Waals surface area (Å²) in [5.74, 6) is 5.93. The number of amides is 1. The molecule has 2 heterocycles. The Kier molecular flexibility index (Phi) is 7.04. The van der Waals surface area contributed by atoms with Crippen molar-refractivity contribution in [1.29, 1.82) is 0 Å². The molecule has 0 radical (unpaired) electrons. The van der Waals surface area contributed by atoms with Gasteiger partial charge in [0, 0.05) is 61.0 Å². The third-order valence-electron chi connectivity index (χ3n) is 5.29. The van der Waals surface area contributed by atoms with Gasteiger partial charge >= 0.3 is 0 Å². The van der Waals surface area contributed by atoms with Gasteiger partial charge in [-0.1, -0.05) is 24.6 Å². The van der Waals surface area contributed by atoms with Gasteiger partial charge in [-0.2, -0.15) is 0 Å². The molecule has 0 aliphatic carbocycles. The van der Waals surface area contributed by atoms with Crippen LogP contribution < -0.4 is 10.6 Å². The van der Waals surface area contributed by atoms with E-state index in [0.29, 0.717) is 5.57 Å². The first-order valence-electron chi connectivity index (χ1n) is 9.96. The van der Waals surface area contributed by atoms with Crippen LogP contribution in [0.3, 0.4) is 0 Å². The first-order valence-corrected chi connectivity index (χ1v) is 9.96. The summed E-state index contributed by atoms with van der Waals surface area (Å²) in [5, 5.41) is 6.33. The number of carbonyl (C=O) groups is 1. The van der Waals surface area contributed by atoms with Crippen LogP contribution in [0.15, 0.2) is 49.3 Å². The Balaban J connectivity index is 1.69. The zero-order valence-electron chi connectivity index (χ0n) is 17.2. The minimum atomic E-state index is -0.114. The average molecular weight is 389 g/mol. The van der Waals surface area contributed by atoms with Crippen LogP contribution in [0.2, 0.25) is 0 Å². The van der Waals surface area contributed by atoms with E-state index in [9.17, 15) is 4.79 Å². The van der Waals surface area contributed by atoms with Gasteiger partial charge in [0.15, 0.2) is 0 Å². The molecule has 1 fully saturated rings. The molecule has 5 heteroatoms. The van der Waals surface area contributed by atoms with E-state index in [2.05, 4.69) is 38.9 Å². The van der Waals surface area contributed by atoms with Gasteiger partial charge in [0.25, 0.3) is 5.91 Å². The predicted octanol–water partition coefficient (Wildman–Crippen LogP) is 3.41. The van der Waals surface area contributed by atoms with Crippen LogP contribution in [-0.2, 0) is 4.79 Å². The van der Waals surface area contributed by atoms with Crippen molar-refractivity contribution in [2.24, 2.45) is 0 Å². The Hall–Kier alpha value is -3.10. The lowest BCUT2D eigenvalue weighted by Crippen LogP contribution is -2.44. The number of hydrogen-bond donors (Lipinski definition) is 2. The number of anilines is 1. The third-order valence-corrected chi connectivity index (χ3v) is 5.29. The van der Waals surface area contributed by atoms with E-state index in [0.717, 1.165) is 54.9 Å². The van der Waals surface area contributed by atoms with Crippen LogP contribution in [0.25, 0.3) is 16.7 Å². The lowest BCUT2D eigenvalue weighted by atomic mass is 9.97. The van der Waals surface area contributed by atoms with Crippen LogP contribution in [0.1, 0.15) is 25.3 Å². The summed E-state index contributed by atoms with van der Waals surface area (Å²) >= 11 is 0. The molecule has 0 atom stereocenters. The molecule has 1 amide bonds. The van der Waals surface area contributed by atoms with E-state index < -0.39 is 0 Å². The Morgan fingerprint density at radius 2 is 2.07 bits per heavy atom. The molecule has 3 rings (SSSR count). The fraction of sp³-hybridized carbons (Fsp3) is 0.333. The third kappa shape index (κ3) is 5.24. The van der Waals surface area contributed by atoms with E-state index in [4.69, 9.17) is 0 Å². The molecule has 0 bridgehead atoms. The van der Waals surface area contributed by atoms with Crippen molar-refractivity contribution in [2.45, 2.75) is 25.8 Å². The Bertz CT molecular complexity index is 919. The van der Waals surface area contributed by atoms with Crippen molar-refractivity contribution in [3.63, 3.8) is 0 Å². The summed E-state index contributed by atoms with van der Waals surface area (Å²) in [6, 6.07) is 10.1. The molecule has 150 valence electrons. The highest BCUT2D eigenvalue weighted by Crippen LogP contribution is 2.29. The molecular weight excluding hydrogens is 360 g/mol. The number of piperidine rings is 1. The normalized spacial score (nSPS) is 14.6. The largest absolute Gasteiger partial charge is 0.388 e. The second kappa shape index (κ2) is 9.90. The second-order valence-corrected chi connectivity index (χ2v) is 7.18. The number of carbonyl (C=O) groups excluding carboxylic acids is 1. The maximum atomic E-state index is 12.9. The average Bonchev–Trinajstić information content (AvgIpc) is 2.78. The maximum absolute atomic E-state index is 12.9. The number of rotatable bonds is 6. The zero-order valence-corrected chi connectivity index (χ0v) is 17.2. The van der Waals surface area contributed by atoms with Gasteiger partial charge in [-0.3, -0.25) is 14.7 Å². The fourth-order valence-corrected chi connectivity index (χ4v) is 3.55. The minimum absolute atomic E-state index is 0.114. The molecule has 5 nitrogen and oxygen atoms in total. The fourth-order valence-electron chi connectivity index (χ4n) is 3.55. The summed E-state index contributed by atoms with van der Waals surface area (Å²) in [5.41, 5.74) is 4.17. The summed E-state index contributed by atoms with van der Waals surface area (Å²) < 4.78 is 0. The molecule has 0 spiro atoms. The lowest BCUT2D eigenvalue weighted by molar-refractivity contribution is -0.116. The predicted molar refractivity (Wildman–Crippen MR) is 119 cm³/mol. The molecule has 29 heavy (non-hydrogen) atoms. The zero-order chi connectivity index (χ0) is 20.6. The van der Waals surface area contributed by atoms with Crippen molar-refractivity contribution in [3.05, 3.63) is 54.9 Å². The van der Waals surface area contributed by atoms with Crippen molar-refractivity contribution in [2.75, 3.05) is 32.0 Å². The number of aromatic nitrogens is 1. The topological polar surface area (TPSA) is 57.3 Å². The Morgan fingerprint density at radius 3 is 2.72 bits per heavy atom. The number of benzene rings is 1. The van der Waals surface area contributed by atoms with Crippen LogP contribution >= 0.6 is 0 Å². The molecule has 2 N–H and O–H groups in total. The monoisotopic (exact) mass is 388 g/mol. The van der Waals surface area contributed by atoms with Crippen molar-refractivity contribution in [1.82, 2.24) is 15.2 Å². The summed E-state index contributed by atoms with van der Waals surface area (Å²) in [7, 11) is 1.85. The highest BCUT2D eigenvalue weighted by molar-refractivity contribution is 6.20.